The highest BCUT2D eigenvalue weighted by Gasteiger charge is 2.29. The summed E-state index contributed by atoms with van der Waals surface area (Å²) < 4.78 is 9.21. The number of unbranched alkanes of at least 4 members (excludes halogenated alkanes) is 6. The number of carbonyl (C=O) groups is 4. The van der Waals surface area contributed by atoms with Gasteiger partial charge in [-0.25, -0.2) is 0 Å². The van der Waals surface area contributed by atoms with Crippen molar-refractivity contribution >= 4 is 23.8 Å². The van der Waals surface area contributed by atoms with Gasteiger partial charge in [0.05, 0.1) is 26.3 Å². The third-order valence-corrected chi connectivity index (χ3v) is 8.15. The largest absolute Gasteiger partial charge is 0.469 e. The zero-order chi connectivity index (χ0) is 35.6. The second-order valence-electron chi connectivity index (χ2n) is 11.9. The predicted molar refractivity (Wildman–Crippen MR) is 186 cm³/mol. The number of hydrogen-bond donors (Lipinski definition) is 2. The molecule has 0 aromatic heterocycles. The van der Waals surface area contributed by atoms with Crippen LogP contribution in [-0.4, -0.2) is 95.4 Å². The minimum atomic E-state index is -0.763. The Bertz CT molecular complexity index is 1070. The quantitative estimate of drug-likeness (QED) is 0.0915. The number of hydrogen-bond acceptors (Lipinski definition) is 8. The number of aliphatic hydroxyl groups excluding tert-OH is 2. The van der Waals surface area contributed by atoms with Gasteiger partial charge in [-0.15, -0.1) is 11.8 Å². The van der Waals surface area contributed by atoms with E-state index in [0.717, 1.165) is 90.1 Å². The molecule has 0 saturated carbocycles. The normalized spacial score (nSPS) is 18.5. The molecule has 10 nitrogen and oxygen atoms in total. The van der Waals surface area contributed by atoms with Crippen LogP contribution in [0.4, 0.5) is 0 Å². The highest BCUT2D eigenvalue weighted by Crippen LogP contribution is 2.22. The van der Waals surface area contributed by atoms with Gasteiger partial charge >= 0.3 is 11.9 Å². The molecule has 2 aliphatic rings. The lowest BCUT2D eigenvalue weighted by Crippen LogP contribution is -2.32. The molecule has 2 saturated heterocycles. The van der Waals surface area contributed by atoms with Gasteiger partial charge in [-0.3, -0.25) is 19.2 Å². The average Bonchev–Trinajstić information content (AvgIpc) is 3.63. The fraction of sp³-hybridized carbons (Fsp3) is 0.684. The van der Waals surface area contributed by atoms with Crippen molar-refractivity contribution in [1.29, 1.82) is 0 Å². The zero-order valence-electron chi connectivity index (χ0n) is 29.6. The van der Waals surface area contributed by atoms with Crippen LogP contribution < -0.4 is 0 Å². The Balaban J connectivity index is 0.000000480. The van der Waals surface area contributed by atoms with E-state index in [4.69, 9.17) is 0 Å². The van der Waals surface area contributed by atoms with Crippen LogP contribution in [0.1, 0.15) is 117 Å². The van der Waals surface area contributed by atoms with Gasteiger partial charge < -0.3 is 29.5 Å². The number of likely N-dealkylation sites (tertiary alicyclic amines) is 2. The minimum absolute atomic E-state index is 0.0608. The Morgan fingerprint density at radius 1 is 0.708 bits per heavy atom. The van der Waals surface area contributed by atoms with Crippen molar-refractivity contribution < 1.29 is 38.9 Å². The lowest BCUT2D eigenvalue weighted by atomic mass is 10.1. The first-order valence-electron chi connectivity index (χ1n) is 17.6. The molecule has 2 rings (SSSR count). The molecule has 10 heteroatoms. The summed E-state index contributed by atoms with van der Waals surface area (Å²) in [7, 11) is 2.81. The second kappa shape index (κ2) is 26.4. The molecule has 268 valence electrons. The standard InChI is InChI=1S/2C19H29NO4/c2*1-3-4-9-17(21)13-11-16-12-14-18(22)20(16)15-8-6-5-7-10-19(23)24-2/h2*11,13,16-17,21H,3,5-8,10,12,14-15H2,1-2H3/b2*13-11+/t16-,17+;16-,17-/m00/s1. The molecule has 0 unspecified atom stereocenters. The van der Waals surface area contributed by atoms with Gasteiger partial charge in [0, 0.05) is 51.6 Å². The summed E-state index contributed by atoms with van der Waals surface area (Å²) in [6.45, 7) is 5.32. The molecule has 0 aromatic carbocycles. The lowest BCUT2D eigenvalue weighted by molar-refractivity contribution is -0.141. The molecule has 2 heterocycles. The molecule has 0 radical (unpaired) electrons. The minimum Gasteiger partial charge on any atom is -0.469 e. The Morgan fingerprint density at radius 2 is 1.08 bits per heavy atom. The third-order valence-electron chi connectivity index (χ3n) is 8.15. The summed E-state index contributed by atoms with van der Waals surface area (Å²) in [5.74, 6) is 11.2. The fourth-order valence-corrected chi connectivity index (χ4v) is 5.48. The van der Waals surface area contributed by atoms with Crippen molar-refractivity contribution in [3.05, 3.63) is 24.3 Å². The number of carbonyl (C=O) groups excluding carboxylic acids is 4. The van der Waals surface area contributed by atoms with Gasteiger partial charge in [-0.05, 0) is 50.7 Å². The topological polar surface area (TPSA) is 134 Å². The van der Waals surface area contributed by atoms with Crippen LogP contribution >= 0.6 is 0 Å². The maximum Gasteiger partial charge on any atom is 0.305 e. The molecule has 0 aliphatic carbocycles. The summed E-state index contributed by atoms with van der Waals surface area (Å²) in [4.78, 5) is 49.8. The van der Waals surface area contributed by atoms with E-state index in [1.165, 1.54) is 14.2 Å². The fourth-order valence-electron chi connectivity index (χ4n) is 5.48. The van der Waals surface area contributed by atoms with Crippen molar-refractivity contribution in [2.75, 3.05) is 27.3 Å². The van der Waals surface area contributed by atoms with Crippen molar-refractivity contribution in [1.82, 2.24) is 9.80 Å². The van der Waals surface area contributed by atoms with Crippen LogP contribution in [0, 0.1) is 23.7 Å². The SMILES string of the molecule is CCC#C[C@@H](O)/C=C/[C@H]1CCC(=O)N1CCCCCCC(=O)OC.CCC#C[C@H](O)/C=C/[C@H]1CCC(=O)N1CCCCCCC(=O)OC. The summed E-state index contributed by atoms with van der Waals surface area (Å²) in [5, 5.41) is 19.5. The van der Waals surface area contributed by atoms with E-state index in [9.17, 15) is 29.4 Å². The van der Waals surface area contributed by atoms with E-state index in [-0.39, 0.29) is 35.8 Å². The number of esters is 2. The predicted octanol–water partition coefficient (Wildman–Crippen LogP) is 4.86. The van der Waals surface area contributed by atoms with E-state index in [1.54, 1.807) is 12.2 Å². The molecule has 2 fully saturated rings. The first-order chi connectivity index (χ1) is 23.2. The second-order valence-corrected chi connectivity index (χ2v) is 11.9. The highest BCUT2D eigenvalue weighted by molar-refractivity contribution is 5.79. The van der Waals surface area contributed by atoms with Gasteiger partial charge in [-0.2, -0.15) is 0 Å². The highest BCUT2D eigenvalue weighted by atomic mass is 16.5. The number of nitrogens with zero attached hydrogens (tertiary/aromatic N) is 2. The Kier molecular flexibility index (Phi) is 23.3. The summed E-state index contributed by atoms with van der Waals surface area (Å²) >= 11 is 0. The summed E-state index contributed by atoms with van der Waals surface area (Å²) in [5.41, 5.74) is 0. The summed E-state index contributed by atoms with van der Waals surface area (Å²) in [6.07, 6.45) is 18.1. The van der Waals surface area contributed by atoms with E-state index in [1.807, 2.05) is 35.8 Å². The van der Waals surface area contributed by atoms with Gasteiger partial charge in [0.25, 0.3) is 0 Å². The van der Waals surface area contributed by atoms with Crippen LogP contribution in [0.15, 0.2) is 24.3 Å². The number of ether oxygens (including phenoxy) is 2. The lowest BCUT2D eigenvalue weighted by Gasteiger charge is -2.22. The van der Waals surface area contributed by atoms with Crippen LogP contribution in [-0.2, 0) is 28.7 Å². The number of amides is 2. The first kappa shape index (κ1) is 42.4. The van der Waals surface area contributed by atoms with E-state index < -0.39 is 12.2 Å². The molecule has 0 bridgehead atoms. The Morgan fingerprint density at radius 3 is 1.44 bits per heavy atom. The molecule has 0 aromatic rings. The zero-order valence-corrected chi connectivity index (χ0v) is 29.6. The van der Waals surface area contributed by atoms with Crippen LogP contribution in [0.2, 0.25) is 0 Å². The monoisotopic (exact) mass is 670 g/mol. The van der Waals surface area contributed by atoms with Crippen molar-refractivity contribution in [2.45, 2.75) is 141 Å². The smallest absolute Gasteiger partial charge is 0.305 e. The Labute approximate surface area is 288 Å². The molecular weight excluding hydrogens is 612 g/mol. The third kappa shape index (κ3) is 18.7. The van der Waals surface area contributed by atoms with E-state index >= 15 is 0 Å². The van der Waals surface area contributed by atoms with Gasteiger partial charge in [0.1, 0.15) is 12.2 Å². The first-order valence-corrected chi connectivity index (χ1v) is 17.6. The number of aliphatic hydroxyl groups is 2. The average molecular weight is 671 g/mol. The maximum absolute atomic E-state index is 12.0. The molecular formula is C38H58N2O8. The summed E-state index contributed by atoms with van der Waals surface area (Å²) in [6, 6.07) is 0.122. The molecule has 0 spiro atoms. The van der Waals surface area contributed by atoms with Crippen molar-refractivity contribution in [3.63, 3.8) is 0 Å². The van der Waals surface area contributed by atoms with Crippen molar-refractivity contribution in [2.24, 2.45) is 0 Å². The van der Waals surface area contributed by atoms with Crippen molar-refractivity contribution in [3.8, 4) is 23.7 Å². The van der Waals surface area contributed by atoms with Crippen LogP contribution in [0.5, 0.6) is 0 Å². The van der Waals surface area contributed by atoms with Gasteiger partial charge in [-0.1, -0.05) is 63.5 Å². The van der Waals surface area contributed by atoms with E-state index in [0.29, 0.717) is 25.7 Å². The molecule has 2 aliphatic heterocycles. The van der Waals surface area contributed by atoms with Gasteiger partial charge in [0.2, 0.25) is 11.8 Å². The van der Waals surface area contributed by atoms with Gasteiger partial charge in [0.15, 0.2) is 0 Å². The molecule has 4 atom stereocenters. The molecule has 2 N–H and O–H groups in total. The molecule has 2 amide bonds. The number of methoxy groups -OCH3 is 2. The Hall–Kier alpha value is -3.60. The number of rotatable bonds is 18. The van der Waals surface area contributed by atoms with Crippen LogP contribution in [0.3, 0.4) is 0 Å². The van der Waals surface area contributed by atoms with Crippen LogP contribution in [0.25, 0.3) is 0 Å². The van der Waals surface area contributed by atoms with E-state index in [2.05, 4.69) is 33.2 Å². The molecule has 48 heavy (non-hydrogen) atoms. The maximum atomic E-state index is 12.0.